The van der Waals surface area contributed by atoms with Gasteiger partial charge in [0.05, 0.1) is 22.5 Å². The first-order chi connectivity index (χ1) is 19.7. The van der Waals surface area contributed by atoms with Crippen LogP contribution in [0.2, 0.25) is 0 Å². The Labute approximate surface area is 237 Å². The average Bonchev–Trinajstić information content (AvgIpc) is 3.32. The summed E-state index contributed by atoms with van der Waals surface area (Å²) in [5.74, 6) is -1.46. The number of carbonyl (C=O) groups excluding carboxylic acids is 1. The molecule has 0 spiro atoms. The zero-order chi connectivity index (χ0) is 30.6. The Hall–Kier alpha value is -4.46. The number of alkyl halides is 3. The van der Waals surface area contributed by atoms with Gasteiger partial charge in [0, 0.05) is 31.4 Å². The highest BCUT2D eigenvalue weighted by Gasteiger charge is 2.47. The number of halogens is 4. The van der Waals surface area contributed by atoms with Gasteiger partial charge in [0.2, 0.25) is 5.95 Å². The Morgan fingerprint density at radius 2 is 1.74 bits per heavy atom. The minimum atomic E-state index is -5.92. The van der Waals surface area contributed by atoms with Gasteiger partial charge in [-0.3, -0.25) is 14.2 Å². The van der Waals surface area contributed by atoms with E-state index in [-0.39, 0.29) is 22.6 Å². The smallest absolute Gasteiger partial charge is 0.378 e. The quantitative estimate of drug-likeness (QED) is 0.309. The highest BCUT2D eigenvalue weighted by atomic mass is 32.2. The molecule has 14 heteroatoms. The number of rotatable bonds is 6. The van der Waals surface area contributed by atoms with Crippen LogP contribution in [0.5, 0.6) is 0 Å². The Kier molecular flexibility index (Phi) is 7.21. The standard InChI is InChI=1S/C28H25F4N5O4S/c1-15-10-21(16(2)33-23-7-5-4-6-20(23)25(38)35-42(40,41)28(30,31)32)24-22(11-15)26(39)36(3)27(34-24)37-13-17-8-9-19(29)12-18(17)14-37/h4-12,16,33H,13-14H2,1-3H3,(H,35,38)/t16-/m1/s1. The van der Waals surface area contributed by atoms with Gasteiger partial charge in [-0.15, -0.1) is 0 Å². The molecular formula is C28H25F4N5O4S. The minimum Gasteiger partial charge on any atom is -0.378 e. The van der Waals surface area contributed by atoms with Gasteiger partial charge < -0.3 is 10.2 Å². The number of carbonyl (C=O) groups is 1. The van der Waals surface area contributed by atoms with E-state index in [1.165, 1.54) is 41.0 Å². The number of nitrogens with one attached hydrogen (secondary N) is 2. The lowest BCUT2D eigenvalue weighted by atomic mass is 10.0. The van der Waals surface area contributed by atoms with Crippen LogP contribution in [0.3, 0.4) is 0 Å². The highest BCUT2D eigenvalue weighted by Crippen LogP contribution is 2.32. The summed E-state index contributed by atoms with van der Waals surface area (Å²) >= 11 is 0. The zero-order valence-corrected chi connectivity index (χ0v) is 23.4. The zero-order valence-electron chi connectivity index (χ0n) is 22.6. The topological polar surface area (TPSA) is 113 Å². The SMILES string of the molecule is Cc1cc([C@@H](C)Nc2ccccc2C(=O)NS(=O)(=O)C(F)(F)F)c2nc(N3Cc4ccc(F)cc4C3)n(C)c(=O)c2c1. The van der Waals surface area contributed by atoms with Crippen molar-refractivity contribution >= 4 is 38.5 Å². The van der Waals surface area contributed by atoms with Crippen LogP contribution in [-0.2, 0) is 30.2 Å². The third-order valence-electron chi connectivity index (χ3n) is 7.05. The molecule has 1 aromatic heterocycles. The molecule has 0 bridgehead atoms. The number of aryl methyl sites for hydroxylation is 1. The molecule has 42 heavy (non-hydrogen) atoms. The van der Waals surface area contributed by atoms with Gasteiger partial charge in [0.15, 0.2) is 0 Å². The second kappa shape index (κ2) is 10.4. The summed E-state index contributed by atoms with van der Waals surface area (Å²) in [6.07, 6.45) is 0. The number of sulfonamides is 1. The van der Waals surface area contributed by atoms with Gasteiger partial charge in [-0.25, -0.2) is 14.1 Å². The number of hydrogen-bond acceptors (Lipinski definition) is 7. The van der Waals surface area contributed by atoms with Crippen LogP contribution in [0.4, 0.5) is 29.2 Å². The molecule has 2 heterocycles. The summed E-state index contributed by atoms with van der Waals surface area (Å²) in [5, 5.41) is 3.38. The van der Waals surface area contributed by atoms with Gasteiger partial charge in [0.25, 0.3) is 11.5 Å². The summed E-state index contributed by atoms with van der Waals surface area (Å²) in [7, 11) is -4.32. The van der Waals surface area contributed by atoms with Crippen molar-refractivity contribution in [2.24, 2.45) is 7.05 Å². The first kappa shape index (κ1) is 29.0. The fraction of sp³-hybridized carbons (Fsp3) is 0.250. The lowest BCUT2D eigenvalue weighted by molar-refractivity contribution is -0.0446. The predicted octanol–water partition coefficient (Wildman–Crippen LogP) is 4.65. The number of aromatic nitrogens is 2. The van der Waals surface area contributed by atoms with Crippen LogP contribution >= 0.6 is 0 Å². The van der Waals surface area contributed by atoms with Crippen molar-refractivity contribution in [2.45, 2.75) is 38.5 Å². The maximum Gasteiger partial charge on any atom is 0.516 e. The lowest BCUT2D eigenvalue weighted by Gasteiger charge is -2.23. The maximum absolute atomic E-state index is 13.8. The van der Waals surface area contributed by atoms with Crippen LogP contribution in [0.15, 0.2) is 59.4 Å². The van der Waals surface area contributed by atoms with E-state index in [1.807, 2.05) is 4.90 Å². The number of para-hydroxylation sites is 1. The molecule has 5 rings (SSSR count). The van der Waals surface area contributed by atoms with E-state index in [1.54, 1.807) is 39.1 Å². The van der Waals surface area contributed by atoms with Crippen LogP contribution in [0, 0.1) is 12.7 Å². The van der Waals surface area contributed by atoms with Crippen LogP contribution < -0.4 is 20.5 Å². The first-order valence-corrected chi connectivity index (χ1v) is 14.2. The average molecular weight is 604 g/mol. The van der Waals surface area contributed by atoms with E-state index in [0.29, 0.717) is 35.5 Å². The van der Waals surface area contributed by atoms with Gasteiger partial charge in [-0.1, -0.05) is 24.3 Å². The first-order valence-electron chi connectivity index (χ1n) is 12.7. The predicted molar refractivity (Wildman–Crippen MR) is 149 cm³/mol. The van der Waals surface area contributed by atoms with Crippen LogP contribution in [0.25, 0.3) is 10.9 Å². The van der Waals surface area contributed by atoms with Gasteiger partial charge >= 0.3 is 15.5 Å². The maximum atomic E-state index is 13.8. The second-order valence-corrected chi connectivity index (χ2v) is 11.8. The number of fused-ring (bicyclic) bond motifs is 2. The normalized spacial score (nSPS) is 14.1. The van der Waals surface area contributed by atoms with Crippen molar-refractivity contribution in [2.75, 3.05) is 10.2 Å². The number of hydrogen-bond donors (Lipinski definition) is 2. The molecule has 0 saturated carbocycles. The number of benzene rings is 3. The largest absolute Gasteiger partial charge is 0.516 e. The molecule has 3 aromatic carbocycles. The van der Waals surface area contributed by atoms with Gasteiger partial charge in [0.1, 0.15) is 5.82 Å². The monoisotopic (exact) mass is 603 g/mol. The molecular weight excluding hydrogens is 578 g/mol. The van der Waals surface area contributed by atoms with Crippen molar-refractivity contribution in [1.82, 2.24) is 14.3 Å². The molecule has 0 aliphatic carbocycles. The third-order valence-corrected chi connectivity index (χ3v) is 8.11. The van der Waals surface area contributed by atoms with Gasteiger partial charge in [-0.05, 0) is 60.9 Å². The molecule has 1 amide bonds. The van der Waals surface area contributed by atoms with Crippen LogP contribution in [0.1, 0.15) is 45.6 Å². The van der Waals surface area contributed by atoms with E-state index in [2.05, 4.69) is 5.32 Å². The van der Waals surface area contributed by atoms with E-state index in [4.69, 9.17) is 4.98 Å². The summed E-state index contributed by atoms with van der Waals surface area (Å²) in [5.41, 5.74) is -2.89. The molecule has 2 N–H and O–H groups in total. The Morgan fingerprint density at radius 1 is 1.05 bits per heavy atom. The summed E-state index contributed by atoms with van der Waals surface area (Å²) in [4.78, 5) is 32.8. The van der Waals surface area contributed by atoms with Crippen LogP contribution in [-0.4, -0.2) is 29.4 Å². The Bertz CT molecular complexity index is 1910. The number of nitrogens with zero attached hydrogens (tertiary/aromatic N) is 3. The Balaban J connectivity index is 1.52. The molecule has 220 valence electrons. The van der Waals surface area contributed by atoms with Crippen molar-refractivity contribution in [3.05, 3.63) is 98.6 Å². The number of amides is 1. The molecule has 1 aliphatic heterocycles. The molecule has 0 saturated heterocycles. The molecule has 0 fully saturated rings. The molecule has 0 unspecified atom stereocenters. The molecule has 9 nitrogen and oxygen atoms in total. The van der Waals surface area contributed by atoms with Gasteiger partial charge in [-0.2, -0.15) is 21.6 Å². The summed E-state index contributed by atoms with van der Waals surface area (Å²) < 4.78 is 77.9. The van der Waals surface area contributed by atoms with E-state index in [9.17, 15) is 35.6 Å². The lowest BCUT2D eigenvalue weighted by Crippen LogP contribution is -2.40. The number of anilines is 2. The van der Waals surface area contributed by atoms with Crippen molar-refractivity contribution in [1.29, 1.82) is 0 Å². The fourth-order valence-electron chi connectivity index (χ4n) is 5.01. The van der Waals surface area contributed by atoms with E-state index >= 15 is 0 Å². The van der Waals surface area contributed by atoms with Crippen molar-refractivity contribution in [3.63, 3.8) is 0 Å². The minimum absolute atomic E-state index is 0.0654. The van der Waals surface area contributed by atoms with E-state index in [0.717, 1.165) is 21.4 Å². The fourth-order valence-corrected chi connectivity index (χ4v) is 5.48. The molecule has 0 radical (unpaired) electrons. The summed E-state index contributed by atoms with van der Waals surface area (Å²) in [6.45, 7) is 4.26. The van der Waals surface area contributed by atoms with Crippen molar-refractivity contribution in [3.8, 4) is 0 Å². The highest BCUT2D eigenvalue weighted by molar-refractivity contribution is 7.90. The van der Waals surface area contributed by atoms with E-state index < -0.39 is 27.5 Å². The molecule has 1 atom stereocenters. The van der Waals surface area contributed by atoms with Crippen molar-refractivity contribution < 1.29 is 30.8 Å². The summed E-state index contributed by atoms with van der Waals surface area (Å²) in [6, 6.07) is 12.9. The molecule has 1 aliphatic rings. The Morgan fingerprint density at radius 3 is 2.45 bits per heavy atom. The second-order valence-electron chi connectivity index (χ2n) is 10.1. The third kappa shape index (κ3) is 5.29. The molecule has 4 aromatic rings.